The van der Waals surface area contributed by atoms with Crippen molar-refractivity contribution in [3.8, 4) is 0 Å². The second-order valence-corrected chi connectivity index (χ2v) is 2.37. The Balaban J connectivity index is 2.96. The maximum atomic E-state index is 4.83. The summed E-state index contributed by atoms with van der Waals surface area (Å²) in [6.45, 7) is 3.72. The molecule has 1 aromatic carbocycles. The zero-order valence-corrected chi connectivity index (χ0v) is 7.16. The second-order valence-electron chi connectivity index (χ2n) is 2.37. The van der Waals surface area contributed by atoms with Gasteiger partial charge in [-0.2, -0.15) is 0 Å². The summed E-state index contributed by atoms with van der Waals surface area (Å²) in [5.41, 5.74) is 2.24. The molecule has 0 saturated heterocycles. The number of ether oxygens (including phenoxy) is 1. The lowest BCUT2D eigenvalue weighted by Gasteiger charge is -1.98. The van der Waals surface area contributed by atoms with Gasteiger partial charge in [0.1, 0.15) is 0 Å². The lowest BCUT2D eigenvalue weighted by molar-refractivity contribution is 0.341. The summed E-state index contributed by atoms with van der Waals surface area (Å²) in [5.74, 6) is 0. The Bertz CT molecular complexity index is 287. The number of methoxy groups -OCH3 is 1. The molecule has 0 aliphatic carbocycles. The summed E-state index contributed by atoms with van der Waals surface area (Å²) in [6.07, 6.45) is 5.40. The van der Waals surface area contributed by atoms with Crippen LogP contribution in [0.4, 0.5) is 0 Å². The van der Waals surface area contributed by atoms with Gasteiger partial charge < -0.3 is 4.74 Å². The van der Waals surface area contributed by atoms with E-state index in [2.05, 4.69) is 6.58 Å². The summed E-state index contributed by atoms with van der Waals surface area (Å²) < 4.78 is 4.83. The number of benzene rings is 1. The molecular formula is C11H12O. The van der Waals surface area contributed by atoms with E-state index >= 15 is 0 Å². The van der Waals surface area contributed by atoms with Crippen molar-refractivity contribution in [2.24, 2.45) is 0 Å². The minimum Gasteiger partial charge on any atom is -0.504 e. The molecule has 0 aromatic heterocycles. The highest BCUT2D eigenvalue weighted by Crippen LogP contribution is 2.11. The predicted molar refractivity (Wildman–Crippen MR) is 52.6 cm³/mol. The van der Waals surface area contributed by atoms with Crippen LogP contribution in [0.3, 0.4) is 0 Å². The Morgan fingerprint density at radius 3 is 2.50 bits per heavy atom. The zero-order valence-electron chi connectivity index (χ0n) is 7.16. The Hall–Kier alpha value is -1.50. The van der Waals surface area contributed by atoms with Gasteiger partial charge in [-0.25, -0.2) is 0 Å². The van der Waals surface area contributed by atoms with Gasteiger partial charge >= 0.3 is 0 Å². The highest BCUT2D eigenvalue weighted by molar-refractivity contribution is 5.63. The largest absolute Gasteiger partial charge is 0.504 e. The second kappa shape index (κ2) is 4.39. The third kappa shape index (κ3) is 1.99. The molecule has 0 atom stereocenters. The molecule has 62 valence electrons. The third-order valence-corrected chi connectivity index (χ3v) is 1.60. The topological polar surface area (TPSA) is 9.23 Å². The van der Waals surface area contributed by atoms with E-state index in [9.17, 15) is 0 Å². The molecule has 12 heavy (non-hydrogen) atoms. The van der Waals surface area contributed by atoms with Gasteiger partial charge in [0.2, 0.25) is 0 Å². The van der Waals surface area contributed by atoms with Crippen LogP contribution >= 0.6 is 0 Å². The van der Waals surface area contributed by atoms with Crippen LogP contribution in [0.2, 0.25) is 0 Å². The van der Waals surface area contributed by atoms with Crippen molar-refractivity contribution in [1.82, 2.24) is 0 Å². The van der Waals surface area contributed by atoms with Gasteiger partial charge in [-0.1, -0.05) is 36.9 Å². The predicted octanol–water partition coefficient (Wildman–Crippen LogP) is 2.95. The smallest absolute Gasteiger partial charge is 0.0830 e. The van der Waals surface area contributed by atoms with E-state index in [4.69, 9.17) is 4.74 Å². The summed E-state index contributed by atoms with van der Waals surface area (Å²) in [5, 5.41) is 0. The van der Waals surface area contributed by atoms with Gasteiger partial charge in [0.05, 0.1) is 13.4 Å². The molecule has 0 bridgehead atoms. The third-order valence-electron chi connectivity index (χ3n) is 1.60. The number of rotatable bonds is 3. The van der Waals surface area contributed by atoms with Crippen LogP contribution in [0.25, 0.3) is 12.2 Å². The fourth-order valence-electron chi connectivity index (χ4n) is 0.990. The lowest BCUT2D eigenvalue weighted by Crippen LogP contribution is -1.78. The fourth-order valence-corrected chi connectivity index (χ4v) is 0.990. The normalized spacial score (nSPS) is 10.1. The van der Waals surface area contributed by atoms with Crippen molar-refractivity contribution >= 4 is 12.2 Å². The van der Waals surface area contributed by atoms with Crippen LogP contribution in [0.15, 0.2) is 37.1 Å². The summed E-state index contributed by atoms with van der Waals surface area (Å²) in [6, 6.07) is 8.01. The maximum Gasteiger partial charge on any atom is 0.0830 e. The van der Waals surface area contributed by atoms with Crippen molar-refractivity contribution < 1.29 is 4.74 Å². The highest BCUT2D eigenvalue weighted by atomic mass is 16.5. The first-order chi connectivity index (χ1) is 5.88. The van der Waals surface area contributed by atoms with Crippen LogP contribution in [-0.2, 0) is 4.74 Å². The standard InChI is InChI=1S/C11H12O/c1-3-10-6-4-5-7-11(10)8-9-12-2/h3-9H,1H2,2H3/b9-8-. The van der Waals surface area contributed by atoms with Gasteiger partial charge in [-0.3, -0.25) is 0 Å². The minimum absolute atomic E-state index is 1.12. The molecule has 0 aliphatic rings. The molecule has 0 saturated carbocycles. The van der Waals surface area contributed by atoms with Crippen LogP contribution in [0, 0.1) is 0 Å². The van der Waals surface area contributed by atoms with E-state index in [0.29, 0.717) is 0 Å². The van der Waals surface area contributed by atoms with E-state index in [1.807, 2.05) is 36.4 Å². The fraction of sp³-hybridized carbons (Fsp3) is 0.0909. The Labute approximate surface area is 73.0 Å². The average molecular weight is 160 g/mol. The van der Waals surface area contributed by atoms with Crippen molar-refractivity contribution in [2.75, 3.05) is 7.11 Å². The van der Waals surface area contributed by atoms with Crippen LogP contribution in [0.5, 0.6) is 0 Å². The summed E-state index contributed by atoms with van der Waals surface area (Å²) >= 11 is 0. The van der Waals surface area contributed by atoms with E-state index in [1.54, 1.807) is 13.4 Å². The molecule has 0 radical (unpaired) electrons. The van der Waals surface area contributed by atoms with Crippen LogP contribution in [0.1, 0.15) is 11.1 Å². The monoisotopic (exact) mass is 160 g/mol. The molecule has 0 heterocycles. The molecule has 0 N–H and O–H groups in total. The van der Waals surface area contributed by atoms with E-state index < -0.39 is 0 Å². The maximum absolute atomic E-state index is 4.83. The number of hydrogen-bond donors (Lipinski definition) is 0. The van der Waals surface area contributed by atoms with Crippen molar-refractivity contribution in [3.63, 3.8) is 0 Å². The van der Waals surface area contributed by atoms with Gasteiger partial charge in [-0.05, 0) is 17.2 Å². The molecule has 1 heteroatoms. The van der Waals surface area contributed by atoms with Gasteiger partial charge in [0, 0.05) is 0 Å². The van der Waals surface area contributed by atoms with Crippen LogP contribution in [-0.4, -0.2) is 7.11 Å². The van der Waals surface area contributed by atoms with Gasteiger partial charge in [0.15, 0.2) is 0 Å². The quantitative estimate of drug-likeness (QED) is 0.618. The summed E-state index contributed by atoms with van der Waals surface area (Å²) in [4.78, 5) is 0. The zero-order chi connectivity index (χ0) is 8.81. The lowest BCUT2D eigenvalue weighted by atomic mass is 10.1. The van der Waals surface area contributed by atoms with Gasteiger partial charge in [-0.15, -0.1) is 0 Å². The van der Waals surface area contributed by atoms with Crippen molar-refractivity contribution in [2.45, 2.75) is 0 Å². The highest BCUT2D eigenvalue weighted by Gasteiger charge is 1.91. The molecule has 1 rings (SSSR count). The van der Waals surface area contributed by atoms with Crippen molar-refractivity contribution in [1.29, 1.82) is 0 Å². The molecule has 0 fully saturated rings. The molecule has 1 nitrogen and oxygen atoms in total. The first-order valence-electron chi connectivity index (χ1n) is 3.79. The van der Waals surface area contributed by atoms with Crippen molar-refractivity contribution in [3.05, 3.63) is 48.2 Å². The average Bonchev–Trinajstić information content (AvgIpc) is 2.15. The number of hydrogen-bond acceptors (Lipinski definition) is 1. The minimum atomic E-state index is 1.12. The van der Waals surface area contributed by atoms with E-state index in [0.717, 1.165) is 11.1 Å². The first-order valence-corrected chi connectivity index (χ1v) is 3.79. The molecule has 1 aromatic rings. The molecule has 0 unspecified atom stereocenters. The van der Waals surface area contributed by atoms with Gasteiger partial charge in [0.25, 0.3) is 0 Å². The Morgan fingerprint density at radius 2 is 1.92 bits per heavy atom. The first kappa shape index (κ1) is 8.60. The van der Waals surface area contributed by atoms with E-state index in [-0.39, 0.29) is 0 Å². The SMILES string of the molecule is C=Cc1ccccc1/C=C\OC. The Morgan fingerprint density at radius 1 is 1.25 bits per heavy atom. The molecule has 0 amide bonds. The molecule has 0 spiro atoms. The Kier molecular flexibility index (Phi) is 3.15. The molecule has 0 aliphatic heterocycles. The van der Waals surface area contributed by atoms with Crippen LogP contribution < -0.4 is 0 Å². The summed E-state index contributed by atoms with van der Waals surface area (Å²) in [7, 11) is 1.63. The molecular weight excluding hydrogens is 148 g/mol. The van der Waals surface area contributed by atoms with E-state index in [1.165, 1.54) is 0 Å².